The summed E-state index contributed by atoms with van der Waals surface area (Å²) in [7, 11) is -3.33. The van der Waals surface area contributed by atoms with Gasteiger partial charge in [-0.2, -0.15) is 15.1 Å². The first-order valence-corrected chi connectivity index (χ1v) is 14.7. The zero-order chi connectivity index (χ0) is 29.4. The first-order chi connectivity index (χ1) is 19.5. The second-order valence-corrected chi connectivity index (χ2v) is 11.9. The number of halogens is 1. The molecule has 0 bridgehead atoms. The highest BCUT2D eigenvalue weighted by Gasteiger charge is 2.53. The third kappa shape index (κ3) is 6.14. The Kier molecular flexibility index (Phi) is 8.17. The van der Waals surface area contributed by atoms with Gasteiger partial charge in [0.15, 0.2) is 28.9 Å². The molecule has 2 unspecified atom stereocenters. The van der Waals surface area contributed by atoms with Gasteiger partial charge < -0.3 is 30.2 Å². The highest BCUT2D eigenvalue weighted by atomic mass is 31.2. The number of carbonyl (C=O) groups excluding carboxylic acids is 1. The molecule has 1 aliphatic carbocycles. The summed E-state index contributed by atoms with van der Waals surface area (Å²) in [5.41, 5.74) is 4.36. The van der Waals surface area contributed by atoms with Crippen LogP contribution in [0.5, 0.6) is 5.75 Å². The summed E-state index contributed by atoms with van der Waals surface area (Å²) in [6.45, 7) is 2.12. The number of methoxy groups -OCH3 is 1. The molecule has 0 amide bonds. The molecule has 41 heavy (non-hydrogen) atoms. The van der Waals surface area contributed by atoms with Gasteiger partial charge in [0.25, 0.3) is 0 Å². The van der Waals surface area contributed by atoms with E-state index in [1.54, 1.807) is 18.2 Å². The van der Waals surface area contributed by atoms with Crippen LogP contribution in [-0.2, 0) is 23.4 Å². The normalized spacial score (nSPS) is 25.7. The Bertz CT molecular complexity index is 1440. The number of rotatable bonds is 11. The molecule has 3 aromatic rings. The number of imidazole rings is 1. The van der Waals surface area contributed by atoms with Crippen molar-refractivity contribution in [2.24, 2.45) is 0 Å². The average molecular weight is 594 g/mol. The maximum absolute atomic E-state index is 15.1. The van der Waals surface area contributed by atoms with Crippen molar-refractivity contribution >= 4 is 36.6 Å². The van der Waals surface area contributed by atoms with Crippen molar-refractivity contribution in [1.29, 1.82) is 0 Å². The quantitative estimate of drug-likeness (QED) is 0.188. The standard InChI is InChI=1S/C25H33FN7O7P/c1-14(23(35)37-3)32-41(36,39-16-10-5-4-6-11-16)40-22(18-19(34)25(2,26)12-38-18)33-13-28-17-20(29-15-8-7-9-15)30-24(27)31-21(17)33/h4-6,10-11,13-15,18-19,22,34H,7-9,12H2,1-3H3,(H,32,36)(H3,27,29,30,31)/t14-,18+,19+,22?,25+,41?/m0/s1. The molecule has 1 saturated heterocycles. The van der Waals surface area contributed by atoms with Crippen LogP contribution in [0.25, 0.3) is 11.2 Å². The molecule has 0 spiro atoms. The lowest BCUT2D eigenvalue weighted by atomic mass is 9.93. The van der Waals surface area contributed by atoms with E-state index in [0.29, 0.717) is 11.3 Å². The molecule has 3 heterocycles. The van der Waals surface area contributed by atoms with Crippen molar-refractivity contribution in [2.45, 2.75) is 69.3 Å². The number of aromatic nitrogens is 4. The molecule has 2 aliphatic rings. The van der Waals surface area contributed by atoms with Crippen LogP contribution in [0.2, 0.25) is 0 Å². The molecule has 5 rings (SSSR count). The smallest absolute Gasteiger partial charge is 0.461 e. The van der Waals surface area contributed by atoms with Gasteiger partial charge in [-0.1, -0.05) is 18.2 Å². The molecule has 1 aromatic carbocycles. The number of alkyl halides is 1. The van der Waals surface area contributed by atoms with E-state index in [0.717, 1.165) is 19.3 Å². The minimum atomic E-state index is -4.51. The summed E-state index contributed by atoms with van der Waals surface area (Å²) in [5, 5.41) is 16.8. The number of nitrogens with zero attached hydrogens (tertiary/aromatic N) is 4. The van der Waals surface area contributed by atoms with E-state index in [-0.39, 0.29) is 23.4 Å². The highest BCUT2D eigenvalue weighted by molar-refractivity contribution is 7.52. The van der Waals surface area contributed by atoms with Gasteiger partial charge in [0, 0.05) is 6.04 Å². The summed E-state index contributed by atoms with van der Waals surface area (Å²) in [5.74, 6) is -0.282. The molecule has 1 aliphatic heterocycles. The van der Waals surface area contributed by atoms with E-state index >= 15 is 4.39 Å². The number of nitrogen functional groups attached to an aromatic ring is 1. The van der Waals surface area contributed by atoms with Gasteiger partial charge in [0.1, 0.15) is 24.0 Å². The number of aliphatic hydroxyl groups excluding tert-OH is 1. The summed E-state index contributed by atoms with van der Waals surface area (Å²) >= 11 is 0. The summed E-state index contributed by atoms with van der Waals surface area (Å²) in [4.78, 5) is 25.3. The topological polar surface area (TPSA) is 185 Å². The van der Waals surface area contributed by atoms with E-state index in [1.807, 2.05) is 0 Å². The number of carbonyl (C=O) groups is 1. The Labute approximate surface area is 235 Å². The molecule has 0 radical (unpaired) electrons. The van der Waals surface area contributed by atoms with Gasteiger partial charge in [-0.25, -0.2) is 13.9 Å². The summed E-state index contributed by atoms with van der Waals surface area (Å²) in [6, 6.07) is 7.15. The number of ether oxygens (including phenoxy) is 2. The van der Waals surface area contributed by atoms with E-state index in [1.165, 1.54) is 44.0 Å². The first-order valence-electron chi connectivity index (χ1n) is 13.1. The minimum Gasteiger partial charge on any atom is -0.468 e. The lowest BCUT2D eigenvalue weighted by molar-refractivity contribution is -0.142. The van der Waals surface area contributed by atoms with Crippen LogP contribution in [0.1, 0.15) is 39.3 Å². The molecule has 2 aromatic heterocycles. The lowest BCUT2D eigenvalue weighted by Crippen LogP contribution is -2.43. The fraction of sp³-hybridized carbons (Fsp3) is 0.520. The number of nitrogens with one attached hydrogen (secondary N) is 2. The molecular weight excluding hydrogens is 560 g/mol. The SMILES string of the molecule is COC(=O)[C@H](C)NP(=O)(Oc1ccccc1)OC([C@@H]1OC[C@@](C)(F)[C@@H]1O)n1cnc2c(NC3CCC3)nc(N)nc21. The third-order valence-corrected chi connectivity index (χ3v) is 8.70. The second-order valence-electron chi connectivity index (χ2n) is 10.3. The molecule has 16 heteroatoms. The van der Waals surface area contributed by atoms with E-state index in [4.69, 9.17) is 24.3 Å². The van der Waals surface area contributed by atoms with Gasteiger partial charge in [-0.15, -0.1) is 0 Å². The number of aliphatic hydroxyl groups is 1. The van der Waals surface area contributed by atoms with E-state index in [2.05, 4.69) is 25.4 Å². The Hall–Kier alpha value is -3.36. The molecular formula is C25H33FN7O7P. The van der Waals surface area contributed by atoms with Gasteiger partial charge in [0.05, 0.1) is 20.0 Å². The number of anilines is 2. The lowest BCUT2D eigenvalue weighted by Gasteiger charge is -2.32. The fourth-order valence-electron chi connectivity index (χ4n) is 4.56. The van der Waals surface area contributed by atoms with Crippen molar-refractivity contribution < 1.29 is 37.4 Å². The van der Waals surface area contributed by atoms with Crippen LogP contribution >= 0.6 is 7.75 Å². The van der Waals surface area contributed by atoms with Crippen LogP contribution < -0.4 is 20.7 Å². The third-order valence-electron chi connectivity index (χ3n) is 7.05. The Morgan fingerprint density at radius 2 is 2.05 bits per heavy atom. The molecule has 2 fully saturated rings. The first kappa shape index (κ1) is 29.1. The van der Waals surface area contributed by atoms with Gasteiger partial charge >= 0.3 is 13.7 Å². The minimum absolute atomic E-state index is 0.0794. The number of benzene rings is 1. The number of hydrogen-bond donors (Lipinski definition) is 4. The molecule has 1 saturated carbocycles. The van der Waals surface area contributed by atoms with Gasteiger partial charge in [-0.05, 0) is 45.2 Å². The zero-order valence-electron chi connectivity index (χ0n) is 22.8. The number of para-hydroxylation sites is 1. The zero-order valence-corrected chi connectivity index (χ0v) is 23.7. The number of fused-ring (bicyclic) bond motifs is 1. The molecule has 14 nitrogen and oxygen atoms in total. The van der Waals surface area contributed by atoms with Gasteiger partial charge in [-0.3, -0.25) is 13.9 Å². The number of nitrogens with two attached hydrogens (primary N) is 1. The predicted molar refractivity (Wildman–Crippen MR) is 146 cm³/mol. The fourth-order valence-corrected chi connectivity index (χ4v) is 6.20. The van der Waals surface area contributed by atoms with Crippen LogP contribution in [0, 0.1) is 0 Å². The Morgan fingerprint density at radius 3 is 2.66 bits per heavy atom. The van der Waals surface area contributed by atoms with Crippen molar-refractivity contribution in [3.05, 3.63) is 36.7 Å². The molecule has 6 atom stereocenters. The van der Waals surface area contributed by atoms with Crippen LogP contribution in [0.4, 0.5) is 16.2 Å². The van der Waals surface area contributed by atoms with Crippen molar-refractivity contribution in [3.63, 3.8) is 0 Å². The van der Waals surface area contributed by atoms with Crippen LogP contribution in [0.15, 0.2) is 36.7 Å². The number of esters is 1. The maximum atomic E-state index is 15.1. The van der Waals surface area contributed by atoms with Crippen LogP contribution in [0.3, 0.4) is 0 Å². The van der Waals surface area contributed by atoms with Crippen molar-refractivity contribution in [2.75, 3.05) is 24.8 Å². The monoisotopic (exact) mass is 593 g/mol. The maximum Gasteiger partial charge on any atom is 0.461 e. The summed E-state index contributed by atoms with van der Waals surface area (Å²) in [6.07, 6.45) is -0.318. The Balaban J connectivity index is 1.58. The van der Waals surface area contributed by atoms with Crippen LogP contribution in [-0.4, -0.2) is 74.3 Å². The highest BCUT2D eigenvalue weighted by Crippen LogP contribution is 2.51. The van der Waals surface area contributed by atoms with Crippen molar-refractivity contribution in [3.8, 4) is 5.75 Å². The summed E-state index contributed by atoms with van der Waals surface area (Å²) < 4.78 is 53.0. The Morgan fingerprint density at radius 1 is 1.32 bits per heavy atom. The van der Waals surface area contributed by atoms with E-state index in [9.17, 15) is 14.5 Å². The molecule has 5 N–H and O–H groups in total. The van der Waals surface area contributed by atoms with Crippen molar-refractivity contribution in [1.82, 2.24) is 24.6 Å². The second kappa shape index (κ2) is 11.5. The van der Waals surface area contributed by atoms with E-state index < -0.39 is 50.5 Å². The predicted octanol–water partition coefficient (Wildman–Crippen LogP) is 2.71. The number of hydrogen-bond acceptors (Lipinski definition) is 12. The molecule has 222 valence electrons. The van der Waals surface area contributed by atoms with Gasteiger partial charge in [0.2, 0.25) is 5.95 Å². The average Bonchev–Trinajstić information content (AvgIpc) is 3.44. The largest absolute Gasteiger partial charge is 0.468 e.